The van der Waals surface area contributed by atoms with E-state index in [9.17, 15) is 13.2 Å². The zero-order valence-electron chi connectivity index (χ0n) is 15.1. The molecule has 0 spiro atoms. The van der Waals surface area contributed by atoms with Gasteiger partial charge in [-0.25, -0.2) is 8.42 Å². The van der Waals surface area contributed by atoms with Crippen molar-refractivity contribution in [3.63, 3.8) is 0 Å². The van der Waals surface area contributed by atoms with Crippen molar-refractivity contribution in [2.24, 2.45) is 5.92 Å². The maximum Gasteiger partial charge on any atom is 0.243 e. The number of nitrogen functional groups attached to an aromatic ring is 1. The van der Waals surface area contributed by atoms with E-state index in [0.717, 1.165) is 5.56 Å². The lowest BCUT2D eigenvalue weighted by Gasteiger charge is -2.31. The maximum absolute atomic E-state index is 12.9. The first kappa shape index (κ1) is 21.2. The van der Waals surface area contributed by atoms with E-state index in [2.05, 4.69) is 5.32 Å². The standard InChI is InChI=1S/C19H23N3O3S.ClH/c1-14-8-10-16(11-9-14)26(24,25)22-12-4-5-15(13-22)19(23)21-18-7-3-2-6-17(18)20;/h2-3,6-11,15H,4-5,12-13,20H2,1H3,(H,21,23);1H. The van der Waals surface area contributed by atoms with E-state index in [0.29, 0.717) is 30.8 Å². The number of piperidine rings is 1. The summed E-state index contributed by atoms with van der Waals surface area (Å²) < 4.78 is 27.1. The van der Waals surface area contributed by atoms with Gasteiger partial charge in [-0.3, -0.25) is 4.79 Å². The highest BCUT2D eigenvalue weighted by molar-refractivity contribution is 7.89. The van der Waals surface area contributed by atoms with Gasteiger partial charge in [0.25, 0.3) is 0 Å². The molecule has 0 aromatic heterocycles. The smallest absolute Gasteiger partial charge is 0.243 e. The average molecular weight is 410 g/mol. The molecule has 0 radical (unpaired) electrons. The number of nitrogens with zero attached hydrogens (tertiary/aromatic N) is 1. The lowest BCUT2D eigenvalue weighted by Crippen LogP contribution is -2.43. The molecule has 1 amide bonds. The van der Waals surface area contributed by atoms with E-state index in [4.69, 9.17) is 5.73 Å². The molecular formula is C19H24ClN3O3S. The van der Waals surface area contributed by atoms with Crippen molar-refractivity contribution in [2.75, 3.05) is 24.1 Å². The van der Waals surface area contributed by atoms with Gasteiger partial charge in [0.15, 0.2) is 0 Å². The predicted molar refractivity (Wildman–Crippen MR) is 109 cm³/mol. The molecule has 1 aliphatic rings. The molecule has 0 bridgehead atoms. The zero-order chi connectivity index (χ0) is 18.7. The average Bonchev–Trinajstić information content (AvgIpc) is 2.64. The molecule has 1 fully saturated rings. The van der Waals surface area contributed by atoms with Crippen LogP contribution in [-0.4, -0.2) is 31.7 Å². The van der Waals surface area contributed by atoms with Gasteiger partial charge in [0.1, 0.15) is 0 Å². The van der Waals surface area contributed by atoms with Crippen molar-refractivity contribution in [2.45, 2.75) is 24.7 Å². The number of aryl methyl sites for hydroxylation is 1. The topological polar surface area (TPSA) is 92.5 Å². The highest BCUT2D eigenvalue weighted by Crippen LogP contribution is 2.26. The second-order valence-corrected chi connectivity index (χ2v) is 8.53. The van der Waals surface area contributed by atoms with Crippen LogP contribution in [0.15, 0.2) is 53.4 Å². The molecule has 8 heteroatoms. The Morgan fingerprint density at radius 1 is 1.15 bits per heavy atom. The van der Waals surface area contributed by atoms with Gasteiger partial charge < -0.3 is 11.1 Å². The number of para-hydroxylation sites is 2. The SMILES string of the molecule is Cc1ccc(S(=O)(=O)N2CCCC(C(=O)Nc3ccccc3N)C2)cc1.Cl. The van der Waals surface area contributed by atoms with Crippen LogP contribution >= 0.6 is 12.4 Å². The molecule has 27 heavy (non-hydrogen) atoms. The molecule has 146 valence electrons. The minimum atomic E-state index is -3.60. The van der Waals surface area contributed by atoms with Crippen molar-refractivity contribution in [1.29, 1.82) is 0 Å². The lowest BCUT2D eigenvalue weighted by molar-refractivity contribution is -0.120. The second-order valence-electron chi connectivity index (χ2n) is 6.59. The Morgan fingerprint density at radius 2 is 1.81 bits per heavy atom. The maximum atomic E-state index is 12.9. The Labute approximate surface area is 166 Å². The summed E-state index contributed by atoms with van der Waals surface area (Å²) in [6.07, 6.45) is 1.30. The Balaban J connectivity index is 0.00000261. The second kappa shape index (κ2) is 8.73. The summed E-state index contributed by atoms with van der Waals surface area (Å²) in [6, 6.07) is 13.8. The van der Waals surface area contributed by atoms with Gasteiger partial charge >= 0.3 is 0 Å². The number of carbonyl (C=O) groups is 1. The molecular weight excluding hydrogens is 386 g/mol. The molecule has 2 aromatic rings. The zero-order valence-corrected chi connectivity index (χ0v) is 16.7. The first-order valence-electron chi connectivity index (χ1n) is 8.60. The number of anilines is 2. The Hall–Kier alpha value is -2.09. The van der Waals surface area contributed by atoms with Gasteiger partial charge in [0.2, 0.25) is 15.9 Å². The summed E-state index contributed by atoms with van der Waals surface area (Å²) in [6.45, 7) is 2.51. The molecule has 3 N–H and O–H groups in total. The van der Waals surface area contributed by atoms with E-state index in [-0.39, 0.29) is 29.8 Å². The number of rotatable bonds is 4. The van der Waals surface area contributed by atoms with Gasteiger partial charge in [-0.15, -0.1) is 12.4 Å². The number of sulfonamides is 1. The molecule has 1 saturated heterocycles. The number of halogens is 1. The van der Waals surface area contributed by atoms with Gasteiger partial charge in [0, 0.05) is 13.1 Å². The molecule has 6 nitrogen and oxygen atoms in total. The van der Waals surface area contributed by atoms with Crippen LogP contribution in [0.5, 0.6) is 0 Å². The van der Waals surface area contributed by atoms with Crippen LogP contribution in [0.25, 0.3) is 0 Å². The van der Waals surface area contributed by atoms with Crippen LogP contribution in [0.2, 0.25) is 0 Å². The Morgan fingerprint density at radius 3 is 2.48 bits per heavy atom. The van der Waals surface area contributed by atoms with E-state index >= 15 is 0 Å². The first-order valence-corrected chi connectivity index (χ1v) is 10.0. The van der Waals surface area contributed by atoms with Crippen molar-refractivity contribution >= 4 is 39.7 Å². The summed E-state index contributed by atoms with van der Waals surface area (Å²) in [5.74, 6) is -0.602. The third-order valence-electron chi connectivity index (χ3n) is 4.63. The van der Waals surface area contributed by atoms with Crippen LogP contribution in [0.3, 0.4) is 0 Å². The van der Waals surface area contributed by atoms with Crippen molar-refractivity contribution < 1.29 is 13.2 Å². The first-order chi connectivity index (χ1) is 12.4. The fourth-order valence-electron chi connectivity index (χ4n) is 3.08. The minimum Gasteiger partial charge on any atom is -0.397 e. The number of nitrogens with two attached hydrogens (primary N) is 1. The molecule has 1 atom stereocenters. The van der Waals surface area contributed by atoms with Gasteiger partial charge in [0.05, 0.1) is 22.2 Å². The van der Waals surface area contributed by atoms with E-state index in [1.165, 1.54) is 4.31 Å². The van der Waals surface area contributed by atoms with Crippen molar-refractivity contribution in [3.05, 3.63) is 54.1 Å². The third-order valence-corrected chi connectivity index (χ3v) is 6.51. The molecule has 0 saturated carbocycles. The quantitative estimate of drug-likeness (QED) is 0.759. The summed E-state index contributed by atoms with van der Waals surface area (Å²) in [7, 11) is -3.60. The van der Waals surface area contributed by atoms with Crippen LogP contribution in [0.1, 0.15) is 18.4 Å². The van der Waals surface area contributed by atoms with E-state index in [1.54, 1.807) is 48.5 Å². The highest BCUT2D eigenvalue weighted by atomic mass is 35.5. The number of hydrogen-bond acceptors (Lipinski definition) is 4. The van der Waals surface area contributed by atoms with Gasteiger partial charge in [-0.05, 0) is 44.0 Å². The molecule has 2 aromatic carbocycles. The monoisotopic (exact) mass is 409 g/mol. The Kier molecular flexibility index (Phi) is 6.86. The number of carbonyl (C=O) groups excluding carboxylic acids is 1. The molecule has 0 aliphatic carbocycles. The van der Waals surface area contributed by atoms with Crippen LogP contribution in [0.4, 0.5) is 11.4 Å². The number of amides is 1. The van der Waals surface area contributed by atoms with Crippen LogP contribution in [-0.2, 0) is 14.8 Å². The normalized spacial score (nSPS) is 17.7. The minimum absolute atomic E-state index is 0. The fraction of sp³-hybridized carbons (Fsp3) is 0.316. The third kappa shape index (κ3) is 4.80. The summed E-state index contributed by atoms with van der Waals surface area (Å²) in [5, 5.41) is 2.81. The van der Waals surface area contributed by atoms with Crippen LogP contribution < -0.4 is 11.1 Å². The summed E-state index contributed by atoms with van der Waals surface area (Å²) >= 11 is 0. The lowest BCUT2D eigenvalue weighted by atomic mass is 9.98. The predicted octanol–water partition coefficient (Wildman–Crippen LogP) is 3.04. The summed E-state index contributed by atoms with van der Waals surface area (Å²) in [5.41, 5.74) is 7.90. The summed E-state index contributed by atoms with van der Waals surface area (Å²) in [4.78, 5) is 12.8. The number of nitrogens with one attached hydrogen (secondary N) is 1. The van der Waals surface area contributed by atoms with E-state index in [1.807, 2.05) is 6.92 Å². The molecule has 1 unspecified atom stereocenters. The Bertz CT molecular complexity index is 901. The molecule has 1 heterocycles. The fourth-order valence-corrected chi connectivity index (χ4v) is 4.60. The number of benzene rings is 2. The van der Waals surface area contributed by atoms with Gasteiger partial charge in [-0.1, -0.05) is 29.8 Å². The van der Waals surface area contributed by atoms with Crippen LogP contribution in [0, 0.1) is 12.8 Å². The highest BCUT2D eigenvalue weighted by Gasteiger charge is 2.33. The number of hydrogen-bond donors (Lipinski definition) is 2. The van der Waals surface area contributed by atoms with Gasteiger partial charge in [-0.2, -0.15) is 4.31 Å². The largest absolute Gasteiger partial charge is 0.397 e. The molecule has 1 aliphatic heterocycles. The molecule has 3 rings (SSSR count). The van der Waals surface area contributed by atoms with Crippen molar-refractivity contribution in [1.82, 2.24) is 4.31 Å². The van der Waals surface area contributed by atoms with Crippen molar-refractivity contribution in [3.8, 4) is 0 Å². The van der Waals surface area contributed by atoms with E-state index < -0.39 is 15.9 Å².